The van der Waals surface area contributed by atoms with Crippen LogP contribution in [-0.2, 0) is 17.5 Å². The molecule has 0 aliphatic heterocycles. The van der Waals surface area contributed by atoms with Crippen molar-refractivity contribution in [3.05, 3.63) is 76.4 Å². The number of ether oxygens (including phenoxy) is 1. The molecule has 0 aliphatic rings. The van der Waals surface area contributed by atoms with Crippen molar-refractivity contribution in [1.82, 2.24) is 14.7 Å². The molecular weight excluding hydrogens is 442 g/mol. The lowest BCUT2D eigenvalue weighted by Gasteiger charge is -2.17. The fourth-order valence-electron chi connectivity index (χ4n) is 3.47. The Morgan fingerprint density at radius 1 is 1.12 bits per heavy atom. The largest absolute Gasteiger partial charge is 0.494 e. The standard InChI is InChI=1S/C23H21F4N3O3/c1-13-20(14(2)30(28-13)17-7-5-6-16(11-17)23(25,26)27)21(31)22(32)29(3)12-15-8-9-19(33-4)18(24)10-15/h5-11H,12H2,1-4H3. The van der Waals surface area contributed by atoms with Crippen LogP contribution in [0, 0.1) is 19.7 Å². The number of rotatable bonds is 6. The molecule has 3 rings (SSSR count). The van der Waals surface area contributed by atoms with Gasteiger partial charge in [-0.1, -0.05) is 12.1 Å². The molecule has 0 atom stereocenters. The minimum atomic E-state index is -4.54. The number of aromatic nitrogens is 2. The molecule has 6 nitrogen and oxygen atoms in total. The lowest BCUT2D eigenvalue weighted by molar-refractivity contribution is -0.137. The molecule has 0 saturated carbocycles. The number of benzene rings is 2. The van der Waals surface area contributed by atoms with Crippen molar-refractivity contribution in [1.29, 1.82) is 0 Å². The molecule has 2 aromatic carbocycles. The van der Waals surface area contributed by atoms with E-state index < -0.39 is 29.2 Å². The number of carbonyl (C=O) groups excluding carboxylic acids is 2. The third kappa shape index (κ3) is 4.89. The Morgan fingerprint density at radius 3 is 2.42 bits per heavy atom. The fraction of sp³-hybridized carbons (Fsp3) is 0.261. The van der Waals surface area contributed by atoms with Crippen LogP contribution >= 0.6 is 0 Å². The highest BCUT2D eigenvalue weighted by Crippen LogP contribution is 2.31. The van der Waals surface area contributed by atoms with E-state index in [0.29, 0.717) is 5.56 Å². The predicted molar refractivity (Wildman–Crippen MR) is 112 cm³/mol. The average molecular weight is 463 g/mol. The second kappa shape index (κ2) is 9.05. The summed E-state index contributed by atoms with van der Waals surface area (Å²) in [5, 5.41) is 4.18. The first-order valence-electron chi connectivity index (χ1n) is 9.80. The predicted octanol–water partition coefficient (Wildman–Crippen LogP) is 4.50. The monoisotopic (exact) mass is 463 g/mol. The first-order valence-corrected chi connectivity index (χ1v) is 9.80. The minimum absolute atomic E-state index is 0.00479. The zero-order valence-electron chi connectivity index (χ0n) is 18.3. The molecule has 0 unspecified atom stereocenters. The van der Waals surface area contributed by atoms with E-state index in [4.69, 9.17) is 4.74 Å². The molecule has 0 aliphatic carbocycles. The first kappa shape index (κ1) is 24.0. The summed E-state index contributed by atoms with van der Waals surface area (Å²) >= 11 is 0. The molecule has 3 aromatic rings. The van der Waals surface area contributed by atoms with Gasteiger partial charge in [0.05, 0.1) is 35.3 Å². The number of aryl methyl sites for hydroxylation is 1. The van der Waals surface area contributed by atoms with E-state index in [1.165, 1.54) is 57.0 Å². The SMILES string of the molecule is COc1ccc(CN(C)C(=O)C(=O)c2c(C)nn(-c3cccc(C(F)(F)F)c3)c2C)cc1F. The Morgan fingerprint density at radius 2 is 1.82 bits per heavy atom. The maximum atomic E-state index is 13.9. The number of nitrogens with zero attached hydrogens (tertiary/aromatic N) is 3. The van der Waals surface area contributed by atoms with Gasteiger partial charge in [0.25, 0.3) is 11.7 Å². The molecule has 0 bridgehead atoms. The third-order valence-corrected chi connectivity index (χ3v) is 5.11. The Bertz CT molecular complexity index is 1220. The highest BCUT2D eigenvalue weighted by atomic mass is 19.4. The number of Topliss-reactive ketones (excluding diaryl/α,β-unsaturated/α-hetero) is 1. The molecule has 1 amide bonds. The van der Waals surface area contributed by atoms with Gasteiger partial charge in [-0.05, 0) is 49.7 Å². The maximum Gasteiger partial charge on any atom is 0.416 e. The summed E-state index contributed by atoms with van der Waals surface area (Å²) in [5.74, 6) is -2.27. The zero-order chi connectivity index (χ0) is 24.5. The summed E-state index contributed by atoms with van der Waals surface area (Å²) in [5.41, 5.74) is 0.137. The van der Waals surface area contributed by atoms with Gasteiger partial charge < -0.3 is 9.64 Å². The van der Waals surface area contributed by atoms with Crippen LogP contribution in [0.5, 0.6) is 5.75 Å². The highest BCUT2D eigenvalue weighted by molar-refractivity contribution is 6.43. The minimum Gasteiger partial charge on any atom is -0.494 e. The number of hydrogen-bond donors (Lipinski definition) is 0. The molecule has 1 aromatic heterocycles. The van der Waals surface area contributed by atoms with Gasteiger partial charge in [0.15, 0.2) is 11.6 Å². The number of hydrogen-bond acceptors (Lipinski definition) is 4. The quantitative estimate of drug-likeness (QED) is 0.307. The number of halogens is 4. The van der Waals surface area contributed by atoms with E-state index in [9.17, 15) is 27.2 Å². The van der Waals surface area contributed by atoms with Gasteiger partial charge in [-0.3, -0.25) is 9.59 Å². The van der Waals surface area contributed by atoms with Crippen molar-refractivity contribution in [3.63, 3.8) is 0 Å². The number of methoxy groups -OCH3 is 1. The van der Waals surface area contributed by atoms with Crippen LogP contribution in [0.1, 0.15) is 32.9 Å². The fourth-order valence-corrected chi connectivity index (χ4v) is 3.47. The third-order valence-electron chi connectivity index (χ3n) is 5.11. The van der Waals surface area contributed by atoms with Gasteiger partial charge in [0, 0.05) is 13.6 Å². The highest BCUT2D eigenvalue weighted by Gasteiger charge is 2.31. The van der Waals surface area contributed by atoms with E-state index in [1.807, 2.05) is 0 Å². The number of ketones is 1. The van der Waals surface area contributed by atoms with Gasteiger partial charge in [-0.15, -0.1) is 0 Å². The number of carbonyl (C=O) groups is 2. The van der Waals surface area contributed by atoms with Crippen molar-refractivity contribution in [2.45, 2.75) is 26.6 Å². The lowest BCUT2D eigenvalue weighted by Crippen LogP contribution is -2.33. The van der Waals surface area contributed by atoms with Crippen molar-refractivity contribution in [3.8, 4) is 11.4 Å². The van der Waals surface area contributed by atoms with Crippen LogP contribution in [0.4, 0.5) is 17.6 Å². The molecule has 0 radical (unpaired) electrons. The van der Waals surface area contributed by atoms with Crippen LogP contribution in [0.2, 0.25) is 0 Å². The molecule has 10 heteroatoms. The van der Waals surface area contributed by atoms with E-state index >= 15 is 0 Å². The second-order valence-corrected chi connectivity index (χ2v) is 7.46. The van der Waals surface area contributed by atoms with Gasteiger partial charge in [0.2, 0.25) is 0 Å². The van der Waals surface area contributed by atoms with Crippen LogP contribution in [0.3, 0.4) is 0 Å². The number of likely N-dealkylation sites (N-methyl/N-ethyl adjacent to an activating group) is 1. The molecule has 0 fully saturated rings. The molecule has 33 heavy (non-hydrogen) atoms. The molecule has 0 N–H and O–H groups in total. The van der Waals surface area contributed by atoms with E-state index in [0.717, 1.165) is 17.0 Å². The summed E-state index contributed by atoms with van der Waals surface area (Å²) in [7, 11) is 2.72. The first-order chi connectivity index (χ1) is 15.4. The van der Waals surface area contributed by atoms with E-state index in [-0.39, 0.29) is 34.9 Å². The summed E-state index contributed by atoms with van der Waals surface area (Å²) in [6.07, 6.45) is -4.54. The average Bonchev–Trinajstić information content (AvgIpc) is 3.06. The Labute approximate surface area is 187 Å². The van der Waals surface area contributed by atoms with Crippen molar-refractivity contribution in [2.24, 2.45) is 0 Å². The second-order valence-electron chi connectivity index (χ2n) is 7.46. The topological polar surface area (TPSA) is 64.4 Å². The summed E-state index contributed by atoms with van der Waals surface area (Å²) < 4.78 is 59.2. The summed E-state index contributed by atoms with van der Waals surface area (Å²) in [6, 6.07) is 8.70. The maximum absolute atomic E-state index is 13.9. The van der Waals surface area contributed by atoms with Crippen LogP contribution < -0.4 is 4.74 Å². The van der Waals surface area contributed by atoms with Crippen LogP contribution in [0.25, 0.3) is 5.69 Å². The number of alkyl halides is 3. The Hall–Kier alpha value is -3.69. The van der Waals surface area contributed by atoms with Gasteiger partial charge in [0.1, 0.15) is 0 Å². The molecule has 0 spiro atoms. The van der Waals surface area contributed by atoms with Crippen molar-refractivity contribution in [2.75, 3.05) is 14.2 Å². The smallest absolute Gasteiger partial charge is 0.416 e. The zero-order valence-corrected chi connectivity index (χ0v) is 18.3. The Balaban J connectivity index is 1.86. The molecule has 0 saturated heterocycles. The van der Waals surface area contributed by atoms with E-state index in [1.54, 1.807) is 6.07 Å². The molecule has 1 heterocycles. The lowest BCUT2D eigenvalue weighted by atomic mass is 10.1. The summed E-state index contributed by atoms with van der Waals surface area (Å²) in [4.78, 5) is 26.8. The summed E-state index contributed by atoms with van der Waals surface area (Å²) in [6.45, 7) is 2.96. The van der Waals surface area contributed by atoms with Crippen LogP contribution in [0.15, 0.2) is 42.5 Å². The van der Waals surface area contributed by atoms with Crippen molar-refractivity contribution >= 4 is 11.7 Å². The van der Waals surface area contributed by atoms with Gasteiger partial charge in [-0.2, -0.15) is 18.3 Å². The number of amides is 1. The van der Waals surface area contributed by atoms with Gasteiger partial charge in [-0.25, -0.2) is 9.07 Å². The van der Waals surface area contributed by atoms with E-state index in [2.05, 4.69) is 5.10 Å². The Kier molecular flexibility index (Phi) is 6.57. The van der Waals surface area contributed by atoms with Crippen LogP contribution in [-0.4, -0.2) is 40.5 Å². The van der Waals surface area contributed by atoms with Crippen molar-refractivity contribution < 1.29 is 31.9 Å². The molecule has 174 valence electrons. The van der Waals surface area contributed by atoms with Gasteiger partial charge >= 0.3 is 6.18 Å². The molecular formula is C23H21F4N3O3. The normalized spacial score (nSPS) is 11.4.